The number of rotatable bonds is 3. The summed E-state index contributed by atoms with van der Waals surface area (Å²) in [5.41, 5.74) is 0.783. The maximum Gasteiger partial charge on any atom is 0.337 e. The van der Waals surface area contributed by atoms with Crippen molar-refractivity contribution in [2.75, 3.05) is 5.32 Å². The number of carboxylic acid groups (broad SMARTS) is 1. The van der Waals surface area contributed by atoms with Crippen LogP contribution in [-0.4, -0.2) is 21.6 Å². The molecule has 20 heavy (non-hydrogen) atoms. The number of hydrogen-bond acceptors (Lipinski definition) is 2. The van der Waals surface area contributed by atoms with E-state index >= 15 is 0 Å². The van der Waals surface area contributed by atoms with Crippen molar-refractivity contribution >= 4 is 56.1 Å². The minimum atomic E-state index is -1.08. The minimum Gasteiger partial charge on any atom is -0.478 e. The number of hydrogen-bond donors (Lipinski definition) is 2. The van der Waals surface area contributed by atoms with Crippen molar-refractivity contribution < 1.29 is 14.7 Å². The Morgan fingerprint density at radius 1 is 1.35 bits per heavy atom. The van der Waals surface area contributed by atoms with Crippen molar-refractivity contribution in [1.82, 2.24) is 4.57 Å². The standard InChI is InChI=1S/C13H10BrIN2O3/c1-17-6-7(14)4-11(17)12(18)16-10-3-2-8(15)5-9(10)13(19)20/h2-6H,1H3,(H,16,18)(H,19,20). The molecule has 0 aliphatic rings. The molecule has 0 fully saturated rings. The van der Waals surface area contributed by atoms with E-state index in [2.05, 4.69) is 21.2 Å². The highest BCUT2D eigenvalue weighted by Crippen LogP contribution is 2.21. The van der Waals surface area contributed by atoms with Crippen LogP contribution in [-0.2, 0) is 7.05 Å². The Labute approximate surface area is 137 Å². The first-order chi connectivity index (χ1) is 9.38. The number of carbonyl (C=O) groups excluding carboxylic acids is 1. The number of halogens is 2. The molecule has 1 aromatic heterocycles. The molecular weight excluding hydrogens is 439 g/mol. The number of carboxylic acids is 1. The number of nitrogens with one attached hydrogen (secondary N) is 1. The Bertz CT molecular complexity index is 697. The molecule has 2 N–H and O–H groups in total. The van der Waals surface area contributed by atoms with E-state index in [-0.39, 0.29) is 17.2 Å². The van der Waals surface area contributed by atoms with Crippen molar-refractivity contribution in [3.63, 3.8) is 0 Å². The van der Waals surface area contributed by atoms with Crippen LogP contribution < -0.4 is 5.32 Å². The van der Waals surface area contributed by atoms with Crippen LogP contribution in [0.4, 0.5) is 5.69 Å². The zero-order valence-electron chi connectivity index (χ0n) is 10.4. The fourth-order valence-corrected chi connectivity index (χ4v) is 2.75. The lowest BCUT2D eigenvalue weighted by Crippen LogP contribution is -2.17. The molecule has 2 aromatic rings. The Morgan fingerprint density at radius 2 is 2.05 bits per heavy atom. The summed E-state index contributed by atoms with van der Waals surface area (Å²) in [7, 11) is 1.74. The summed E-state index contributed by atoms with van der Waals surface area (Å²) in [6.07, 6.45) is 1.75. The Morgan fingerprint density at radius 3 is 2.60 bits per heavy atom. The van der Waals surface area contributed by atoms with Gasteiger partial charge >= 0.3 is 5.97 Å². The van der Waals surface area contributed by atoms with Crippen molar-refractivity contribution in [3.05, 3.63) is 49.8 Å². The predicted octanol–water partition coefficient (Wildman–Crippen LogP) is 3.34. The second-order valence-electron chi connectivity index (χ2n) is 4.10. The van der Waals surface area contributed by atoms with Crippen LogP contribution in [0.5, 0.6) is 0 Å². The maximum absolute atomic E-state index is 12.2. The van der Waals surface area contributed by atoms with Gasteiger partial charge in [-0.2, -0.15) is 0 Å². The average Bonchev–Trinajstić information content (AvgIpc) is 2.70. The fourth-order valence-electron chi connectivity index (χ4n) is 1.74. The molecule has 0 atom stereocenters. The number of anilines is 1. The highest BCUT2D eigenvalue weighted by atomic mass is 127. The van der Waals surface area contributed by atoms with Gasteiger partial charge in [0.25, 0.3) is 5.91 Å². The molecule has 7 heteroatoms. The van der Waals surface area contributed by atoms with Gasteiger partial charge in [-0.15, -0.1) is 0 Å². The molecule has 0 aliphatic carbocycles. The number of benzene rings is 1. The largest absolute Gasteiger partial charge is 0.478 e. The van der Waals surface area contributed by atoms with Gasteiger partial charge in [0.1, 0.15) is 5.69 Å². The lowest BCUT2D eigenvalue weighted by atomic mass is 10.2. The number of amides is 1. The van der Waals surface area contributed by atoms with Gasteiger partial charge in [-0.3, -0.25) is 4.79 Å². The van der Waals surface area contributed by atoms with E-state index in [0.29, 0.717) is 5.69 Å². The zero-order valence-corrected chi connectivity index (χ0v) is 14.1. The van der Waals surface area contributed by atoms with Crippen molar-refractivity contribution in [2.24, 2.45) is 7.05 Å². The van der Waals surface area contributed by atoms with Crippen molar-refractivity contribution in [3.8, 4) is 0 Å². The number of aromatic nitrogens is 1. The molecule has 0 saturated carbocycles. The van der Waals surface area contributed by atoms with E-state index in [0.717, 1.165) is 8.04 Å². The molecule has 0 saturated heterocycles. The highest BCUT2D eigenvalue weighted by molar-refractivity contribution is 14.1. The number of aromatic carboxylic acids is 1. The number of aryl methyl sites for hydroxylation is 1. The first kappa shape index (κ1) is 15.0. The van der Waals surface area contributed by atoms with E-state index in [1.807, 2.05) is 22.6 Å². The van der Waals surface area contributed by atoms with E-state index in [1.165, 1.54) is 6.07 Å². The van der Waals surface area contributed by atoms with E-state index in [4.69, 9.17) is 5.11 Å². The van der Waals surface area contributed by atoms with Gasteiger partial charge in [0.2, 0.25) is 0 Å². The zero-order chi connectivity index (χ0) is 14.9. The first-order valence-corrected chi connectivity index (χ1v) is 7.41. The summed E-state index contributed by atoms with van der Waals surface area (Å²) in [5, 5.41) is 11.8. The topological polar surface area (TPSA) is 71.3 Å². The monoisotopic (exact) mass is 448 g/mol. The van der Waals surface area contributed by atoms with Gasteiger partial charge in [-0.1, -0.05) is 0 Å². The molecule has 0 aliphatic heterocycles. The van der Waals surface area contributed by atoms with E-state index < -0.39 is 5.97 Å². The second-order valence-corrected chi connectivity index (χ2v) is 6.26. The molecule has 0 radical (unpaired) electrons. The summed E-state index contributed by atoms with van der Waals surface area (Å²) >= 11 is 5.31. The highest BCUT2D eigenvalue weighted by Gasteiger charge is 2.16. The van der Waals surface area contributed by atoms with Crippen LogP contribution in [0.3, 0.4) is 0 Å². The summed E-state index contributed by atoms with van der Waals surface area (Å²) < 4.78 is 3.23. The quantitative estimate of drug-likeness (QED) is 0.707. The number of carbonyl (C=O) groups is 2. The molecule has 104 valence electrons. The van der Waals surface area contributed by atoms with Crippen molar-refractivity contribution in [1.29, 1.82) is 0 Å². The SMILES string of the molecule is Cn1cc(Br)cc1C(=O)Nc1ccc(I)cc1C(=O)O. The molecule has 0 unspecified atom stereocenters. The molecule has 5 nitrogen and oxygen atoms in total. The Hall–Kier alpha value is -1.35. The van der Waals surface area contributed by atoms with Crippen LogP contribution in [0.1, 0.15) is 20.8 Å². The fraction of sp³-hybridized carbons (Fsp3) is 0.0769. The average molecular weight is 449 g/mol. The van der Waals surface area contributed by atoms with Crippen LogP contribution >= 0.6 is 38.5 Å². The molecular formula is C13H10BrIN2O3. The summed E-state index contributed by atoms with van der Waals surface area (Å²) in [6.45, 7) is 0. The summed E-state index contributed by atoms with van der Waals surface area (Å²) in [5.74, 6) is -1.44. The van der Waals surface area contributed by atoms with Gasteiger partial charge in [0.05, 0.1) is 11.3 Å². The molecule has 1 amide bonds. The van der Waals surface area contributed by atoms with Crippen LogP contribution in [0.25, 0.3) is 0 Å². The number of nitrogens with zero attached hydrogens (tertiary/aromatic N) is 1. The molecule has 0 bridgehead atoms. The maximum atomic E-state index is 12.2. The van der Waals surface area contributed by atoms with Crippen molar-refractivity contribution in [2.45, 2.75) is 0 Å². The van der Waals surface area contributed by atoms with Crippen LogP contribution in [0, 0.1) is 3.57 Å². The Kier molecular flexibility index (Phi) is 4.48. The summed E-state index contributed by atoms with van der Waals surface area (Å²) in [4.78, 5) is 23.4. The predicted molar refractivity (Wildman–Crippen MR) is 87.2 cm³/mol. The lowest BCUT2D eigenvalue weighted by Gasteiger charge is -2.09. The third-order valence-corrected chi connectivity index (χ3v) is 3.77. The lowest BCUT2D eigenvalue weighted by molar-refractivity contribution is 0.0698. The third kappa shape index (κ3) is 3.21. The van der Waals surface area contributed by atoms with E-state index in [9.17, 15) is 9.59 Å². The van der Waals surface area contributed by atoms with Gasteiger partial charge in [-0.25, -0.2) is 4.79 Å². The van der Waals surface area contributed by atoms with Gasteiger partial charge in [0.15, 0.2) is 0 Å². The second kappa shape index (κ2) is 5.96. The Balaban J connectivity index is 2.33. The third-order valence-electron chi connectivity index (χ3n) is 2.66. The van der Waals surface area contributed by atoms with Crippen LogP contribution in [0.2, 0.25) is 0 Å². The molecule has 1 aromatic carbocycles. The first-order valence-electron chi connectivity index (χ1n) is 5.54. The smallest absolute Gasteiger partial charge is 0.337 e. The van der Waals surface area contributed by atoms with Gasteiger partial charge in [0, 0.05) is 21.3 Å². The molecule has 1 heterocycles. The minimum absolute atomic E-state index is 0.0681. The normalized spacial score (nSPS) is 10.3. The van der Waals surface area contributed by atoms with Gasteiger partial charge in [-0.05, 0) is 62.8 Å². The molecule has 0 spiro atoms. The van der Waals surface area contributed by atoms with Gasteiger partial charge < -0.3 is 15.0 Å². The van der Waals surface area contributed by atoms with E-state index in [1.54, 1.807) is 36.0 Å². The summed E-state index contributed by atoms with van der Waals surface area (Å²) in [6, 6.07) is 6.51. The van der Waals surface area contributed by atoms with Crippen LogP contribution in [0.15, 0.2) is 34.9 Å². The molecule has 2 rings (SSSR count).